The number of likely N-dealkylation sites (N-methyl/N-ethyl adjacent to an activating group) is 1. The van der Waals surface area contributed by atoms with Gasteiger partial charge < -0.3 is 9.88 Å². The van der Waals surface area contributed by atoms with E-state index in [9.17, 15) is 0 Å². The molecule has 0 spiro atoms. The van der Waals surface area contributed by atoms with Gasteiger partial charge in [0.25, 0.3) is 0 Å². The van der Waals surface area contributed by atoms with Crippen LogP contribution in [-0.2, 0) is 0 Å². The summed E-state index contributed by atoms with van der Waals surface area (Å²) in [5.41, 5.74) is 8.36. The van der Waals surface area contributed by atoms with Crippen molar-refractivity contribution in [3.63, 3.8) is 0 Å². The van der Waals surface area contributed by atoms with E-state index in [0.29, 0.717) is 11.5 Å². The maximum atomic E-state index is 4.99. The molecule has 2 N–H and O–H groups in total. The Morgan fingerprint density at radius 1 is 1.13 bits per heavy atom. The molecule has 0 aliphatic heterocycles. The van der Waals surface area contributed by atoms with Gasteiger partial charge in [-0.25, -0.2) is 9.97 Å². The van der Waals surface area contributed by atoms with Crippen molar-refractivity contribution in [3.05, 3.63) is 100 Å². The van der Waals surface area contributed by atoms with Gasteiger partial charge in [-0.05, 0) is 75.7 Å². The molecular weight excluding hydrogens is 488 g/mol. The number of aromatic amines is 2. The van der Waals surface area contributed by atoms with E-state index in [4.69, 9.17) is 9.97 Å². The number of nitrogens with zero attached hydrogens (tertiary/aromatic N) is 4. The van der Waals surface area contributed by atoms with E-state index in [2.05, 4.69) is 62.4 Å². The number of allylic oxidation sites excluding steroid dienone is 6. The minimum atomic E-state index is 0.693. The molecule has 4 heterocycles. The number of nitrogens with one attached hydrogen (secondary N) is 2. The number of aromatic nitrogens is 5. The van der Waals surface area contributed by atoms with Crippen LogP contribution in [0.1, 0.15) is 49.7 Å². The first-order valence-corrected chi connectivity index (χ1v) is 13.8. The molecule has 0 saturated carbocycles. The summed E-state index contributed by atoms with van der Waals surface area (Å²) in [7, 11) is 4.10. The zero-order valence-electron chi connectivity index (χ0n) is 23.5. The lowest BCUT2D eigenvalue weighted by molar-refractivity contribution is 0.449. The number of H-pyrrole nitrogens is 2. The van der Waals surface area contributed by atoms with Gasteiger partial charge in [-0.1, -0.05) is 56.9 Å². The zero-order valence-corrected chi connectivity index (χ0v) is 24.3. The monoisotopic (exact) mass is 526 g/mol. The first-order valence-electron chi connectivity index (χ1n) is 12.9. The number of hydrogen-bond donors (Lipinski definition) is 2. The van der Waals surface area contributed by atoms with Gasteiger partial charge in [-0.2, -0.15) is 5.10 Å². The number of aryl methyl sites for hydroxylation is 1. The highest BCUT2D eigenvalue weighted by molar-refractivity contribution is 7.11. The number of thiophene rings is 1. The van der Waals surface area contributed by atoms with Crippen LogP contribution in [0.4, 0.5) is 0 Å². The van der Waals surface area contributed by atoms with Crippen molar-refractivity contribution >= 4 is 33.5 Å². The largest absolute Gasteiger partial charge is 0.340 e. The van der Waals surface area contributed by atoms with Gasteiger partial charge in [-0.15, -0.1) is 11.3 Å². The lowest BCUT2D eigenvalue weighted by atomic mass is 10.1. The molecule has 198 valence electrons. The fourth-order valence-corrected chi connectivity index (χ4v) is 4.75. The summed E-state index contributed by atoms with van der Waals surface area (Å²) in [6.45, 7) is 14.9. The first kappa shape index (κ1) is 28.8. The smallest absolute Gasteiger partial charge is 0.161 e. The molecule has 0 bridgehead atoms. The third kappa shape index (κ3) is 6.54. The molecule has 6 nitrogen and oxygen atoms in total. The molecule has 0 aromatic carbocycles. The molecule has 0 radical (unpaired) electrons. The Bertz CT molecular complexity index is 1480. The molecule has 4 aromatic heterocycles. The fraction of sp³-hybridized carbons (Fsp3) is 0.258. The number of fused-ring (bicyclic) bond motifs is 1. The van der Waals surface area contributed by atoms with E-state index < -0.39 is 0 Å². The van der Waals surface area contributed by atoms with E-state index in [1.807, 2.05) is 79.1 Å². The van der Waals surface area contributed by atoms with E-state index >= 15 is 0 Å². The molecule has 0 amide bonds. The van der Waals surface area contributed by atoms with Crippen molar-refractivity contribution in [3.8, 4) is 11.5 Å². The summed E-state index contributed by atoms with van der Waals surface area (Å²) in [6.07, 6.45) is 12.3. The van der Waals surface area contributed by atoms with Crippen LogP contribution in [-0.4, -0.2) is 50.7 Å². The predicted molar refractivity (Wildman–Crippen MR) is 164 cm³/mol. The molecule has 0 saturated heterocycles. The van der Waals surface area contributed by atoms with Crippen LogP contribution in [0.15, 0.2) is 78.3 Å². The van der Waals surface area contributed by atoms with E-state index in [0.717, 1.165) is 51.4 Å². The van der Waals surface area contributed by atoms with E-state index in [-0.39, 0.29) is 0 Å². The average molecular weight is 527 g/mol. The maximum absolute atomic E-state index is 4.99. The first-order chi connectivity index (χ1) is 18.4. The molecule has 0 aliphatic carbocycles. The normalized spacial score (nSPS) is 12.9. The summed E-state index contributed by atoms with van der Waals surface area (Å²) < 4.78 is 0. The van der Waals surface area contributed by atoms with Crippen molar-refractivity contribution in [1.29, 1.82) is 0 Å². The Labute approximate surface area is 230 Å². The van der Waals surface area contributed by atoms with Gasteiger partial charge in [0, 0.05) is 22.7 Å². The average Bonchev–Trinajstić information content (AvgIpc) is 3.68. The van der Waals surface area contributed by atoms with E-state index in [1.165, 1.54) is 4.88 Å². The van der Waals surface area contributed by atoms with Crippen molar-refractivity contribution in [2.75, 3.05) is 20.6 Å². The molecule has 0 atom stereocenters. The Balaban J connectivity index is 0.00000195. The van der Waals surface area contributed by atoms with Gasteiger partial charge in [0.1, 0.15) is 5.52 Å². The SMILES string of the molecule is C=C/C(=C\C(=C/C)c1ccc2[nH]nc(-c3nc(/C(=C\C=C/C)c4cccs4)c(C)[nH]3)c2n1)CN(C)C.CC. The van der Waals surface area contributed by atoms with Crippen LogP contribution >= 0.6 is 11.3 Å². The fourth-order valence-electron chi connectivity index (χ4n) is 4.00. The molecule has 0 unspecified atom stereocenters. The zero-order chi connectivity index (χ0) is 27.7. The molecule has 4 aromatic rings. The summed E-state index contributed by atoms with van der Waals surface area (Å²) in [5, 5.41) is 9.77. The Hall–Kier alpha value is -3.81. The highest BCUT2D eigenvalue weighted by Crippen LogP contribution is 2.32. The number of rotatable bonds is 9. The summed E-state index contributed by atoms with van der Waals surface area (Å²) in [4.78, 5) is 16.7. The minimum Gasteiger partial charge on any atom is -0.340 e. The Morgan fingerprint density at radius 3 is 2.55 bits per heavy atom. The molecule has 4 rings (SSSR count). The quantitative estimate of drug-likeness (QED) is 0.218. The molecule has 38 heavy (non-hydrogen) atoms. The van der Waals surface area contributed by atoms with Crippen molar-refractivity contribution in [2.24, 2.45) is 0 Å². The lowest BCUT2D eigenvalue weighted by Gasteiger charge is -2.11. The Morgan fingerprint density at radius 2 is 1.92 bits per heavy atom. The van der Waals surface area contributed by atoms with Crippen LogP contribution in [0.5, 0.6) is 0 Å². The lowest BCUT2D eigenvalue weighted by Crippen LogP contribution is -2.14. The minimum absolute atomic E-state index is 0.693. The summed E-state index contributed by atoms with van der Waals surface area (Å²) in [5.74, 6) is 0.693. The molecule has 7 heteroatoms. The maximum Gasteiger partial charge on any atom is 0.161 e. The second-order valence-electron chi connectivity index (χ2n) is 8.71. The molecular formula is C31H38N6S. The van der Waals surface area contributed by atoms with Crippen LogP contribution in [0.25, 0.3) is 33.7 Å². The number of imidazole rings is 1. The Kier molecular flexibility index (Phi) is 10.3. The third-order valence-corrected chi connectivity index (χ3v) is 6.63. The predicted octanol–water partition coefficient (Wildman–Crippen LogP) is 7.83. The topological polar surface area (TPSA) is 73.5 Å². The second-order valence-corrected chi connectivity index (χ2v) is 9.66. The van der Waals surface area contributed by atoms with Crippen LogP contribution in [0, 0.1) is 6.92 Å². The molecule has 0 fully saturated rings. The van der Waals surface area contributed by atoms with E-state index in [1.54, 1.807) is 11.3 Å². The second kappa shape index (κ2) is 13.7. The summed E-state index contributed by atoms with van der Waals surface area (Å²) in [6, 6.07) is 8.21. The van der Waals surface area contributed by atoms with Gasteiger partial charge in [-0.3, -0.25) is 5.10 Å². The number of hydrogen-bond acceptors (Lipinski definition) is 5. The van der Waals surface area contributed by atoms with Gasteiger partial charge in [0.15, 0.2) is 11.5 Å². The number of pyridine rings is 1. The summed E-state index contributed by atoms with van der Waals surface area (Å²) >= 11 is 1.70. The van der Waals surface area contributed by atoms with Crippen LogP contribution in [0.2, 0.25) is 0 Å². The van der Waals surface area contributed by atoms with Crippen molar-refractivity contribution < 1.29 is 0 Å². The standard InChI is InChI=1S/C29H32N6S.C2H6/c1-7-10-12-22(25-13-11-16-36-25)26-19(4)30-29(32-26)28-27-24(33-34-28)15-14-23(31-27)21(9-3)17-20(8-2)18-35(5)6;1-2/h7-17H,2,18H2,1,3-6H3,(H,30,32)(H,33,34);1-2H3/b10-7-,20-17+,21-9+,22-12-;. The van der Waals surface area contributed by atoms with Crippen LogP contribution < -0.4 is 0 Å². The van der Waals surface area contributed by atoms with Crippen LogP contribution in [0.3, 0.4) is 0 Å². The molecule has 0 aliphatic rings. The van der Waals surface area contributed by atoms with Crippen molar-refractivity contribution in [1.82, 2.24) is 30.0 Å². The highest BCUT2D eigenvalue weighted by Gasteiger charge is 2.19. The van der Waals surface area contributed by atoms with Gasteiger partial charge in [0.2, 0.25) is 0 Å². The van der Waals surface area contributed by atoms with Gasteiger partial charge in [0.05, 0.1) is 16.9 Å². The van der Waals surface area contributed by atoms with Gasteiger partial charge >= 0.3 is 0 Å². The van der Waals surface area contributed by atoms with Crippen molar-refractivity contribution in [2.45, 2.75) is 34.6 Å². The third-order valence-electron chi connectivity index (χ3n) is 5.72. The highest BCUT2D eigenvalue weighted by atomic mass is 32.1.